The van der Waals surface area contributed by atoms with Crippen molar-refractivity contribution < 1.29 is 15.0 Å². The second kappa shape index (κ2) is 7.41. The lowest BCUT2D eigenvalue weighted by Gasteiger charge is -2.11. The first-order valence-electron chi connectivity index (χ1n) is 8.33. The number of nitrogens with two attached hydrogens (primary N) is 1. The van der Waals surface area contributed by atoms with Gasteiger partial charge in [0.25, 0.3) is 0 Å². The second-order valence-electron chi connectivity index (χ2n) is 5.99. The number of fused-ring (bicyclic) bond motifs is 1. The predicted molar refractivity (Wildman–Crippen MR) is 99.3 cm³/mol. The molecule has 27 heavy (non-hydrogen) atoms. The molecular weight excluding hydrogens is 352 g/mol. The highest BCUT2D eigenvalue weighted by atomic mass is 16.4. The van der Waals surface area contributed by atoms with Gasteiger partial charge in [0.05, 0.1) is 0 Å². The van der Waals surface area contributed by atoms with Crippen LogP contribution in [-0.4, -0.2) is 53.7 Å². The maximum Gasteiger partial charge on any atom is 0.339 e. The minimum atomic E-state index is -1.24. The number of aryl methyl sites for hydroxylation is 1. The smallest absolute Gasteiger partial charge is 0.339 e. The van der Waals surface area contributed by atoms with Crippen LogP contribution in [0.1, 0.15) is 24.2 Å². The maximum absolute atomic E-state index is 11.2. The van der Waals surface area contributed by atoms with Crippen LogP contribution in [0.3, 0.4) is 0 Å². The number of aromatic hydroxyl groups is 1. The summed E-state index contributed by atoms with van der Waals surface area (Å²) in [7, 11) is 0. The number of aromatic carboxylic acids is 1. The molecule has 11 nitrogen and oxygen atoms in total. The first-order chi connectivity index (χ1) is 12.9. The van der Waals surface area contributed by atoms with Crippen molar-refractivity contribution in [2.24, 2.45) is 5.73 Å². The molecule has 1 unspecified atom stereocenters. The van der Waals surface area contributed by atoms with Gasteiger partial charge in [-0.2, -0.15) is 9.97 Å². The summed E-state index contributed by atoms with van der Waals surface area (Å²) < 4.78 is 1.62. The lowest BCUT2D eigenvalue weighted by molar-refractivity contribution is 0.0694. The van der Waals surface area contributed by atoms with Gasteiger partial charge in [0, 0.05) is 24.8 Å². The van der Waals surface area contributed by atoms with Crippen LogP contribution in [0.25, 0.3) is 11.2 Å². The highest BCUT2D eigenvalue weighted by molar-refractivity contribution is 5.93. The minimum Gasteiger partial charge on any atom is -0.507 e. The normalized spacial score (nSPS) is 12.1. The van der Waals surface area contributed by atoms with Crippen molar-refractivity contribution in [2.45, 2.75) is 26.4 Å². The number of aromatic nitrogens is 5. The maximum atomic E-state index is 11.2. The second-order valence-corrected chi connectivity index (χ2v) is 5.99. The zero-order valence-electron chi connectivity index (χ0n) is 14.8. The predicted octanol–water partition coefficient (Wildman–Crippen LogP) is 1.15. The summed E-state index contributed by atoms with van der Waals surface area (Å²) in [6.07, 6.45) is 0. The van der Waals surface area contributed by atoms with E-state index in [4.69, 9.17) is 10.8 Å². The number of nitrogens with one attached hydrogen (secondary N) is 2. The lowest BCUT2D eigenvalue weighted by Crippen LogP contribution is -2.26. The number of carboxylic acid groups (broad SMARTS) is 1. The third-order valence-electron chi connectivity index (χ3n) is 3.73. The Balaban J connectivity index is 2.03. The van der Waals surface area contributed by atoms with Gasteiger partial charge in [-0.05, 0) is 32.0 Å². The van der Waals surface area contributed by atoms with Crippen molar-refractivity contribution in [3.63, 3.8) is 0 Å². The van der Waals surface area contributed by atoms with Crippen molar-refractivity contribution >= 4 is 34.6 Å². The Bertz CT molecular complexity index is 985. The fraction of sp³-hybridized carbons (Fsp3) is 0.312. The van der Waals surface area contributed by atoms with E-state index in [2.05, 4.69) is 30.9 Å². The van der Waals surface area contributed by atoms with E-state index >= 15 is 0 Å². The molecule has 0 aliphatic carbocycles. The summed E-state index contributed by atoms with van der Waals surface area (Å²) in [5, 5.41) is 33.1. The Morgan fingerprint density at radius 2 is 2.15 bits per heavy atom. The van der Waals surface area contributed by atoms with Crippen molar-refractivity contribution in [3.8, 4) is 5.75 Å². The molecule has 3 rings (SSSR count). The van der Waals surface area contributed by atoms with Gasteiger partial charge in [0.1, 0.15) is 11.3 Å². The molecule has 3 aromatic rings. The van der Waals surface area contributed by atoms with Crippen LogP contribution in [0.5, 0.6) is 5.75 Å². The third-order valence-corrected chi connectivity index (χ3v) is 3.73. The van der Waals surface area contributed by atoms with Crippen LogP contribution >= 0.6 is 0 Å². The number of hydrogen-bond donors (Lipinski definition) is 5. The topological polar surface area (TPSA) is 164 Å². The molecule has 1 atom stereocenters. The molecule has 1 aromatic carbocycles. The molecule has 0 saturated carbocycles. The summed E-state index contributed by atoms with van der Waals surface area (Å²) in [4.78, 5) is 20.0. The quantitative estimate of drug-likeness (QED) is 0.380. The number of rotatable bonds is 7. The van der Waals surface area contributed by atoms with E-state index in [1.807, 2.05) is 13.8 Å². The fourth-order valence-corrected chi connectivity index (χ4v) is 2.41. The van der Waals surface area contributed by atoms with Crippen LogP contribution in [0.2, 0.25) is 0 Å². The molecular formula is C16H20N8O3. The summed E-state index contributed by atoms with van der Waals surface area (Å²) in [5.74, 6) is -0.859. The van der Waals surface area contributed by atoms with E-state index in [9.17, 15) is 9.90 Å². The van der Waals surface area contributed by atoms with Crippen molar-refractivity contribution in [1.82, 2.24) is 25.0 Å². The number of carbonyl (C=O) groups is 1. The van der Waals surface area contributed by atoms with E-state index in [1.54, 1.807) is 4.68 Å². The Morgan fingerprint density at radius 1 is 1.37 bits per heavy atom. The molecule has 0 radical (unpaired) electrons. The summed E-state index contributed by atoms with van der Waals surface area (Å²) in [6.45, 7) is 4.81. The van der Waals surface area contributed by atoms with E-state index in [-0.39, 0.29) is 17.4 Å². The summed E-state index contributed by atoms with van der Waals surface area (Å²) >= 11 is 0. The lowest BCUT2D eigenvalue weighted by atomic mass is 10.2. The molecule has 0 fully saturated rings. The number of benzene rings is 1. The first kappa shape index (κ1) is 18.3. The minimum absolute atomic E-state index is 0.0925. The van der Waals surface area contributed by atoms with Crippen LogP contribution in [0.4, 0.5) is 17.5 Å². The molecule has 2 heterocycles. The number of nitrogens with zero attached hydrogens (tertiary/aromatic N) is 5. The summed E-state index contributed by atoms with van der Waals surface area (Å²) in [5.41, 5.74) is 6.93. The summed E-state index contributed by atoms with van der Waals surface area (Å²) in [6, 6.07) is 4.05. The van der Waals surface area contributed by atoms with Gasteiger partial charge in [-0.3, -0.25) is 0 Å². The Morgan fingerprint density at radius 3 is 2.81 bits per heavy atom. The fourth-order valence-electron chi connectivity index (χ4n) is 2.41. The standard InChI is InChI=1S/C16H20N8O3/c1-3-24-14-12(22-23-24)13(20-16(21-14)18-7-8(2)17)19-9-4-5-11(25)10(6-9)15(26)27/h4-6,8,25H,3,7,17H2,1-2H3,(H,26,27)(H2,18,19,20,21). The molecule has 6 N–H and O–H groups in total. The van der Waals surface area contributed by atoms with Crippen LogP contribution in [-0.2, 0) is 6.54 Å². The Kier molecular flexibility index (Phi) is 5.03. The average Bonchev–Trinajstić information content (AvgIpc) is 3.04. The number of carboxylic acids is 1. The highest BCUT2D eigenvalue weighted by Gasteiger charge is 2.16. The molecule has 0 amide bonds. The molecule has 142 valence electrons. The van der Waals surface area contributed by atoms with Gasteiger partial charge in [-0.25, -0.2) is 9.48 Å². The van der Waals surface area contributed by atoms with Crippen LogP contribution in [0, 0.1) is 0 Å². The zero-order chi connectivity index (χ0) is 19.6. The van der Waals surface area contributed by atoms with Crippen LogP contribution in [0.15, 0.2) is 18.2 Å². The Hall–Kier alpha value is -3.47. The average molecular weight is 372 g/mol. The van der Waals surface area contributed by atoms with Gasteiger partial charge in [-0.1, -0.05) is 5.21 Å². The molecule has 0 aliphatic rings. The highest BCUT2D eigenvalue weighted by Crippen LogP contribution is 2.27. The van der Waals surface area contributed by atoms with E-state index in [1.165, 1.54) is 18.2 Å². The van der Waals surface area contributed by atoms with Crippen molar-refractivity contribution in [3.05, 3.63) is 23.8 Å². The molecule has 0 aliphatic heterocycles. The van der Waals surface area contributed by atoms with Gasteiger partial charge < -0.3 is 26.6 Å². The van der Waals surface area contributed by atoms with E-state index in [0.29, 0.717) is 41.7 Å². The molecule has 2 aromatic heterocycles. The van der Waals surface area contributed by atoms with Crippen molar-refractivity contribution in [1.29, 1.82) is 0 Å². The zero-order valence-corrected chi connectivity index (χ0v) is 14.8. The number of anilines is 3. The number of hydrogen-bond acceptors (Lipinski definition) is 9. The Labute approximate surface area is 154 Å². The van der Waals surface area contributed by atoms with Gasteiger partial charge in [0.15, 0.2) is 17.0 Å². The number of phenols is 1. The third kappa shape index (κ3) is 3.87. The molecule has 0 bridgehead atoms. The SMILES string of the molecule is CCn1nnc2c(Nc3ccc(O)c(C(=O)O)c3)nc(NCC(C)N)nc21. The van der Waals surface area contributed by atoms with Gasteiger partial charge >= 0.3 is 5.97 Å². The molecule has 0 saturated heterocycles. The van der Waals surface area contributed by atoms with Crippen LogP contribution < -0.4 is 16.4 Å². The largest absolute Gasteiger partial charge is 0.507 e. The molecule has 0 spiro atoms. The van der Waals surface area contributed by atoms with Crippen molar-refractivity contribution in [2.75, 3.05) is 17.2 Å². The van der Waals surface area contributed by atoms with Gasteiger partial charge in [-0.15, -0.1) is 5.10 Å². The van der Waals surface area contributed by atoms with E-state index in [0.717, 1.165) is 0 Å². The monoisotopic (exact) mass is 372 g/mol. The van der Waals surface area contributed by atoms with Gasteiger partial charge in [0.2, 0.25) is 5.95 Å². The molecule has 11 heteroatoms. The first-order valence-corrected chi connectivity index (χ1v) is 8.33. The van der Waals surface area contributed by atoms with E-state index < -0.39 is 5.97 Å².